The van der Waals surface area contributed by atoms with Crippen molar-refractivity contribution >= 4 is 11.6 Å². The lowest BCUT2D eigenvalue weighted by Gasteiger charge is -2.41. The highest BCUT2D eigenvalue weighted by atomic mass is 19.4. The smallest absolute Gasteiger partial charge is 0.366 e. The number of amides is 1. The third-order valence-corrected chi connectivity index (χ3v) is 3.57. The van der Waals surface area contributed by atoms with Crippen molar-refractivity contribution in [3.8, 4) is 0 Å². The van der Waals surface area contributed by atoms with Crippen molar-refractivity contribution in [2.24, 2.45) is 7.05 Å². The van der Waals surface area contributed by atoms with Crippen molar-refractivity contribution < 1.29 is 18.0 Å². The van der Waals surface area contributed by atoms with E-state index < -0.39 is 11.9 Å². The highest BCUT2D eigenvalue weighted by Crippen LogP contribution is 2.29. The zero-order chi connectivity index (χ0) is 16.6. The fourth-order valence-electron chi connectivity index (χ4n) is 2.32. The SMILES string of the molecule is Cn1ccc(C(=O)NC2CN(c3ccc(C(F)(F)F)nc3)C2)n1. The normalized spacial score (nSPS) is 15.4. The molecule has 1 saturated heterocycles. The lowest BCUT2D eigenvalue weighted by Crippen LogP contribution is -2.59. The van der Waals surface area contributed by atoms with E-state index in [0.717, 1.165) is 6.07 Å². The highest BCUT2D eigenvalue weighted by Gasteiger charge is 2.33. The average Bonchev–Trinajstić information content (AvgIpc) is 2.88. The summed E-state index contributed by atoms with van der Waals surface area (Å²) in [5, 5.41) is 6.83. The van der Waals surface area contributed by atoms with Gasteiger partial charge in [-0.05, 0) is 18.2 Å². The van der Waals surface area contributed by atoms with Crippen molar-refractivity contribution in [2.75, 3.05) is 18.0 Å². The van der Waals surface area contributed by atoms with Crippen LogP contribution in [0.4, 0.5) is 18.9 Å². The van der Waals surface area contributed by atoms with Gasteiger partial charge < -0.3 is 10.2 Å². The predicted molar refractivity (Wildman–Crippen MR) is 75.9 cm³/mol. The molecule has 1 aliphatic rings. The Morgan fingerprint density at radius 2 is 2.04 bits per heavy atom. The molecule has 0 unspecified atom stereocenters. The minimum atomic E-state index is -4.44. The number of rotatable bonds is 3. The molecule has 3 rings (SSSR count). The molecule has 2 aromatic rings. The Morgan fingerprint density at radius 1 is 1.30 bits per heavy atom. The maximum Gasteiger partial charge on any atom is 0.433 e. The van der Waals surface area contributed by atoms with Gasteiger partial charge in [-0.3, -0.25) is 9.48 Å². The number of alkyl halides is 3. The van der Waals surface area contributed by atoms with Gasteiger partial charge in [-0.25, -0.2) is 4.98 Å². The second-order valence-electron chi connectivity index (χ2n) is 5.35. The monoisotopic (exact) mass is 325 g/mol. The molecular weight excluding hydrogens is 311 g/mol. The first-order chi connectivity index (χ1) is 10.8. The van der Waals surface area contributed by atoms with Crippen LogP contribution in [0, 0.1) is 0 Å². The number of halogens is 3. The number of anilines is 1. The van der Waals surface area contributed by atoms with E-state index in [9.17, 15) is 18.0 Å². The van der Waals surface area contributed by atoms with Crippen LogP contribution >= 0.6 is 0 Å². The van der Waals surface area contributed by atoms with E-state index in [4.69, 9.17) is 0 Å². The van der Waals surface area contributed by atoms with Gasteiger partial charge in [0.1, 0.15) is 11.4 Å². The van der Waals surface area contributed by atoms with Gasteiger partial charge in [-0.1, -0.05) is 0 Å². The number of carbonyl (C=O) groups excluding carboxylic acids is 1. The fourth-order valence-corrected chi connectivity index (χ4v) is 2.32. The number of carbonyl (C=O) groups is 1. The number of hydrogen-bond donors (Lipinski definition) is 1. The molecule has 2 aromatic heterocycles. The summed E-state index contributed by atoms with van der Waals surface area (Å²) in [6, 6.07) is 3.89. The number of nitrogens with one attached hydrogen (secondary N) is 1. The van der Waals surface area contributed by atoms with E-state index in [1.165, 1.54) is 16.9 Å². The van der Waals surface area contributed by atoms with Crippen LogP contribution in [-0.2, 0) is 13.2 Å². The van der Waals surface area contributed by atoms with Gasteiger partial charge in [0, 0.05) is 26.3 Å². The Hall–Kier alpha value is -2.58. The summed E-state index contributed by atoms with van der Waals surface area (Å²) in [6.07, 6.45) is -1.57. The molecule has 0 saturated carbocycles. The van der Waals surface area contributed by atoms with Gasteiger partial charge in [-0.2, -0.15) is 18.3 Å². The summed E-state index contributed by atoms with van der Waals surface area (Å²) in [5.74, 6) is -0.263. The molecular formula is C14H14F3N5O. The van der Waals surface area contributed by atoms with E-state index in [0.29, 0.717) is 24.5 Å². The predicted octanol–water partition coefficient (Wildman–Crippen LogP) is 1.45. The molecule has 0 bridgehead atoms. The molecule has 1 aliphatic heterocycles. The van der Waals surface area contributed by atoms with Gasteiger partial charge in [0.15, 0.2) is 0 Å². The summed E-state index contributed by atoms with van der Waals surface area (Å²) in [4.78, 5) is 17.2. The third-order valence-electron chi connectivity index (χ3n) is 3.57. The van der Waals surface area contributed by atoms with Crippen LogP contribution in [0.25, 0.3) is 0 Å². The average molecular weight is 325 g/mol. The zero-order valence-corrected chi connectivity index (χ0v) is 12.2. The maximum atomic E-state index is 12.5. The van der Waals surface area contributed by atoms with E-state index in [1.54, 1.807) is 19.3 Å². The summed E-state index contributed by atoms with van der Waals surface area (Å²) in [6.45, 7) is 1.04. The van der Waals surface area contributed by atoms with Gasteiger partial charge in [0.25, 0.3) is 5.91 Å². The molecule has 0 spiro atoms. The fraction of sp³-hybridized carbons (Fsp3) is 0.357. The van der Waals surface area contributed by atoms with E-state index >= 15 is 0 Å². The first-order valence-electron chi connectivity index (χ1n) is 6.91. The topological polar surface area (TPSA) is 63.1 Å². The highest BCUT2D eigenvalue weighted by molar-refractivity contribution is 5.92. The van der Waals surface area contributed by atoms with Crippen molar-refractivity contribution in [2.45, 2.75) is 12.2 Å². The second-order valence-corrected chi connectivity index (χ2v) is 5.35. The van der Waals surface area contributed by atoms with Crippen LogP contribution in [0.3, 0.4) is 0 Å². The van der Waals surface area contributed by atoms with Gasteiger partial charge in [0.2, 0.25) is 0 Å². The van der Waals surface area contributed by atoms with Crippen molar-refractivity contribution in [3.05, 3.63) is 42.0 Å². The minimum Gasteiger partial charge on any atom is -0.366 e. The standard InChI is InChI=1S/C14H14F3N5O/c1-21-5-4-11(20-21)13(23)19-9-7-22(8-9)10-2-3-12(18-6-10)14(15,16)17/h2-6,9H,7-8H2,1H3,(H,19,23). The molecule has 0 radical (unpaired) electrons. The van der Waals surface area contributed by atoms with Crippen LogP contribution in [0.1, 0.15) is 16.2 Å². The molecule has 9 heteroatoms. The molecule has 3 heterocycles. The summed E-state index contributed by atoms with van der Waals surface area (Å²) in [7, 11) is 1.72. The summed E-state index contributed by atoms with van der Waals surface area (Å²) in [5.41, 5.74) is 0.0188. The molecule has 6 nitrogen and oxygen atoms in total. The van der Waals surface area contributed by atoms with Gasteiger partial charge in [-0.15, -0.1) is 0 Å². The summed E-state index contributed by atoms with van der Waals surface area (Å²) < 4.78 is 38.9. The lowest BCUT2D eigenvalue weighted by molar-refractivity contribution is -0.141. The number of pyridine rings is 1. The van der Waals surface area contributed by atoms with Crippen molar-refractivity contribution in [1.29, 1.82) is 0 Å². The Bertz CT molecular complexity index is 704. The molecule has 1 fully saturated rings. The third kappa shape index (κ3) is 3.27. The molecule has 23 heavy (non-hydrogen) atoms. The van der Waals surface area contributed by atoms with Crippen LogP contribution in [-0.4, -0.2) is 39.8 Å². The van der Waals surface area contributed by atoms with E-state index in [1.807, 2.05) is 4.90 Å². The largest absolute Gasteiger partial charge is 0.433 e. The Kier molecular flexibility index (Phi) is 3.70. The van der Waals surface area contributed by atoms with Crippen LogP contribution < -0.4 is 10.2 Å². The lowest BCUT2D eigenvalue weighted by atomic mass is 10.1. The van der Waals surface area contributed by atoms with E-state index in [-0.39, 0.29) is 11.9 Å². The zero-order valence-electron chi connectivity index (χ0n) is 12.2. The first kappa shape index (κ1) is 15.3. The Morgan fingerprint density at radius 3 is 2.57 bits per heavy atom. The molecule has 122 valence electrons. The number of aromatic nitrogens is 3. The van der Waals surface area contributed by atoms with Gasteiger partial charge >= 0.3 is 6.18 Å². The summed E-state index contributed by atoms with van der Waals surface area (Å²) >= 11 is 0. The Balaban J connectivity index is 1.54. The number of nitrogens with zero attached hydrogens (tertiary/aromatic N) is 4. The maximum absolute atomic E-state index is 12.5. The van der Waals surface area contributed by atoms with Crippen molar-refractivity contribution in [3.63, 3.8) is 0 Å². The second kappa shape index (κ2) is 5.56. The Labute approximate surface area is 129 Å². The molecule has 0 aliphatic carbocycles. The van der Waals surface area contributed by atoms with Crippen molar-refractivity contribution in [1.82, 2.24) is 20.1 Å². The van der Waals surface area contributed by atoms with Crippen LogP contribution in [0.5, 0.6) is 0 Å². The van der Waals surface area contributed by atoms with E-state index in [2.05, 4.69) is 15.4 Å². The molecule has 0 atom stereocenters. The molecule has 0 aromatic carbocycles. The number of aryl methyl sites for hydroxylation is 1. The molecule has 1 N–H and O–H groups in total. The van der Waals surface area contributed by atoms with Crippen LogP contribution in [0.15, 0.2) is 30.6 Å². The molecule has 1 amide bonds. The quantitative estimate of drug-likeness (QED) is 0.928. The first-order valence-corrected chi connectivity index (χ1v) is 6.91. The number of hydrogen-bond acceptors (Lipinski definition) is 4. The minimum absolute atomic E-state index is 0.0631. The van der Waals surface area contributed by atoms with Gasteiger partial charge in [0.05, 0.1) is 17.9 Å². The van der Waals surface area contributed by atoms with Crippen LogP contribution in [0.2, 0.25) is 0 Å².